The molecule has 0 fully saturated rings. The molecule has 15 rings (SSSR count). The van der Waals surface area contributed by atoms with Crippen LogP contribution in [0.5, 0.6) is 0 Å². The molecule has 10 aromatic rings. The number of hydrogen-bond acceptors (Lipinski definition) is 2. The number of aryl methyl sites for hydroxylation is 2. The first-order chi connectivity index (χ1) is 31.0. The number of allylic oxidation sites excluding steroid dienone is 1. The first kappa shape index (κ1) is 34.0. The Morgan fingerprint density at radius 2 is 0.984 bits per heavy atom. The average molecular weight is 801 g/mol. The van der Waals surface area contributed by atoms with E-state index in [1.807, 2.05) is 0 Å². The highest BCUT2D eigenvalue weighted by Gasteiger charge is 2.47. The monoisotopic (exact) mass is 800 g/mol. The molecule has 0 amide bonds. The Hall–Kier alpha value is -7.69. The average Bonchev–Trinajstić information content (AvgIpc) is 3.82. The first-order valence-electron chi connectivity index (χ1n) is 22.2. The van der Waals surface area contributed by atoms with Crippen molar-refractivity contribution in [1.82, 2.24) is 9.13 Å². The summed E-state index contributed by atoms with van der Waals surface area (Å²) in [5.41, 5.74) is 25.5. The van der Waals surface area contributed by atoms with Crippen LogP contribution in [0.3, 0.4) is 0 Å². The van der Waals surface area contributed by atoms with E-state index in [9.17, 15) is 0 Å². The predicted octanol–water partition coefficient (Wildman–Crippen LogP) is 8.09. The van der Waals surface area contributed by atoms with Crippen LogP contribution in [0.4, 0.5) is 34.1 Å². The van der Waals surface area contributed by atoms with Gasteiger partial charge in [-0.1, -0.05) is 110 Å². The number of nitrogens with zero attached hydrogens (tertiary/aromatic N) is 4. The van der Waals surface area contributed by atoms with Crippen LogP contribution in [0, 0.1) is 13.8 Å². The predicted molar refractivity (Wildman–Crippen MR) is 268 cm³/mol. The maximum atomic E-state index is 4.46. The fourth-order valence-corrected chi connectivity index (χ4v) is 12.5. The standard InChI is InChI=1S/C57H38B2N4/c1-33-24-25-39-41-20-13-22-43-57(41)63(47(39)26-33)53-30-35(3)28-51-55(53)59(43)45-31-44-48(32-49(45)61(51)37-16-8-5-9-17-37)60(36-14-6-4-7-15-36)50-27-34(2)29-52-54(50)58(44)42-21-12-19-40-38-18-10-11-23-46(38)62(52)56(40)42/h4-23,25-32H,1,24H2,2-3H3. The number of anilines is 6. The smallest absolute Gasteiger partial charge is 0.252 e. The van der Waals surface area contributed by atoms with Gasteiger partial charge >= 0.3 is 0 Å². The van der Waals surface area contributed by atoms with E-state index < -0.39 is 0 Å². The van der Waals surface area contributed by atoms with Crippen molar-refractivity contribution in [2.45, 2.75) is 20.3 Å². The molecular formula is C57H38B2N4. The van der Waals surface area contributed by atoms with Crippen molar-refractivity contribution in [3.05, 3.63) is 192 Å². The zero-order valence-electron chi connectivity index (χ0n) is 35.0. The molecule has 0 saturated heterocycles. The third-order valence-electron chi connectivity index (χ3n) is 14.8. The maximum absolute atomic E-state index is 4.46. The van der Waals surface area contributed by atoms with Crippen LogP contribution in [0.15, 0.2) is 170 Å². The van der Waals surface area contributed by atoms with Crippen molar-refractivity contribution >= 4 is 125 Å². The molecular weight excluding hydrogens is 762 g/mol. The molecule has 2 aromatic heterocycles. The maximum Gasteiger partial charge on any atom is 0.252 e. The van der Waals surface area contributed by atoms with E-state index in [1.54, 1.807) is 0 Å². The molecule has 6 heteroatoms. The molecule has 0 atom stereocenters. The molecule has 0 bridgehead atoms. The SMILES string of the molecule is C=C1C=c2c(c3cccc4c3n2-c2cc(C)cc3c2B4c2cc4c(cc2N3c2ccccc2)N(c2ccccc2)c2cc(C)cc3c2B4c2cccc4c5ccccc5n-3c24)=CC1. The summed E-state index contributed by atoms with van der Waals surface area (Å²) in [5, 5.41) is 6.49. The van der Waals surface area contributed by atoms with E-state index in [-0.39, 0.29) is 13.4 Å². The highest BCUT2D eigenvalue weighted by Crippen LogP contribution is 2.46. The molecule has 6 heterocycles. The van der Waals surface area contributed by atoms with Crippen LogP contribution in [-0.2, 0) is 0 Å². The Kier molecular flexibility index (Phi) is 6.37. The largest absolute Gasteiger partial charge is 0.311 e. The van der Waals surface area contributed by atoms with Crippen molar-refractivity contribution in [3.63, 3.8) is 0 Å². The van der Waals surface area contributed by atoms with E-state index in [0.29, 0.717) is 0 Å². The quantitative estimate of drug-likeness (QED) is 0.165. The number of para-hydroxylation sites is 5. The normalized spacial score (nSPS) is 14.6. The van der Waals surface area contributed by atoms with Crippen molar-refractivity contribution in [2.24, 2.45) is 0 Å². The summed E-state index contributed by atoms with van der Waals surface area (Å²) in [4.78, 5) is 5.13. The summed E-state index contributed by atoms with van der Waals surface area (Å²) in [6.45, 7) is 9.01. The summed E-state index contributed by atoms with van der Waals surface area (Å²) in [7, 11) is 0. The third-order valence-corrected chi connectivity index (χ3v) is 14.8. The van der Waals surface area contributed by atoms with E-state index in [0.717, 1.165) is 23.4 Å². The fraction of sp³-hybridized carbons (Fsp3) is 0.0526. The molecule has 292 valence electrons. The van der Waals surface area contributed by atoms with Gasteiger partial charge in [-0.2, -0.15) is 0 Å². The Balaban J connectivity index is 1.12. The summed E-state index contributed by atoms with van der Waals surface area (Å²) in [5.74, 6) is 0. The van der Waals surface area contributed by atoms with Crippen LogP contribution in [0.2, 0.25) is 0 Å². The lowest BCUT2D eigenvalue weighted by atomic mass is 9.30. The summed E-state index contributed by atoms with van der Waals surface area (Å²) < 4.78 is 5.13. The number of aromatic nitrogens is 2. The van der Waals surface area contributed by atoms with Gasteiger partial charge in [-0.3, -0.25) is 0 Å². The minimum atomic E-state index is 0.0153. The van der Waals surface area contributed by atoms with E-state index in [2.05, 4.69) is 209 Å². The zero-order chi connectivity index (χ0) is 41.4. The van der Waals surface area contributed by atoms with Gasteiger partial charge in [-0.15, -0.1) is 0 Å². The summed E-state index contributed by atoms with van der Waals surface area (Å²) in [6, 6.07) is 60.0. The van der Waals surface area contributed by atoms with Crippen molar-refractivity contribution in [2.75, 3.05) is 9.80 Å². The van der Waals surface area contributed by atoms with E-state index in [1.165, 1.54) is 121 Å². The van der Waals surface area contributed by atoms with Crippen LogP contribution < -0.4 is 53.1 Å². The van der Waals surface area contributed by atoms with Crippen molar-refractivity contribution in [1.29, 1.82) is 0 Å². The van der Waals surface area contributed by atoms with Crippen LogP contribution in [0.1, 0.15) is 17.5 Å². The van der Waals surface area contributed by atoms with Gasteiger partial charge in [0.2, 0.25) is 0 Å². The number of rotatable bonds is 2. The lowest BCUT2D eigenvalue weighted by Gasteiger charge is -2.44. The molecule has 0 unspecified atom stereocenters. The van der Waals surface area contributed by atoms with Crippen LogP contribution in [-0.4, -0.2) is 22.6 Å². The second kappa shape index (κ2) is 11.8. The van der Waals surface area contributed by atoms with Gasteiger partial charge in [-0.05, 0) is 136 Å². The van der Waals surface area contributed by atoms with Gasteiger partial charge in [-0.25, -0.2) is 0 Å². The third kappa shape index (κ3) is 4.19. The Morgan fingerprint density at radius 1 is 0.460 bits per heavy atom. The molecule has 4 aliphatic heterocycles. The van der Waals surface area contributed by atoms with Gasteiger partial charge in [0.25, 0.3) is 13.4 Å². The van der Waals surface area contributed by atoms with Crippen molar-refractivity contribution in [3.8, 4) is 11.4 Å². The number of benzene rings is 8. The molecule has 0 N–H and O–H groups in total. The van der Waals surface area contributed by atoms with Gasteiger partial charge in [0, 0.05) is 77.9 Å². The minimum absolute atomic E-state index is 0.0153. The van der Waals surface area contributed by atoms with Crippen LogP contribution in [0.25, 0.3) is 56.2 Å². The molecule has 4 nitrogen and oxygen atoms in total. The van der Waals surface area contributed by atoms with E-state index in [4.69, 9.17) is 0 Å². The Morgan fingerprint density at radius 3 is 1.62 bits per heavy atom. The molecule has 5 aliphatic rings. The zero-order valence-corrected chi connectivity index (χ0v) is 35.0. The molecule has 63 heavy (non-hydrogen) atoms. The van der Waals surface area contributed by atoms with Gasteiger partial charge in [0.1, 0.15) is 0 Å². The minimum Gasteiger partial charge on any atom is -0.311 e. The first-order valence-corrected chi connectivity index (χ1v) is 22.2. The lowest BCUT2D eigenvalue weighted by Crippen LogP contribution is -2.64. The van der Waals surface area contributed by atoms with Gasteiger partial charge in [0.05, 0.1) is 10.9 Å². The highest BCUT2D eigenvalue weighted by atomic mass is 15.2. The van der Waals surface area contributed by atoms with Gasteiger partial charge < -0.3 is 18.9 Å². The molecule has 0 radical (unpaired) electrons. The Bertz CT molecular complexity index is 3900. The lowest BCUT2D eigenvalue weighted by molar-refractivity contribution is 1.06. The summed E-state index contributed by atoms with van der Waals surface area (Å²) >= 11 is 0. The number of fused-ring (bicyclic) bond motifs is 14. The molecule has 8 aromatic carbocycles. The second-order valence-corrected chi connectivity index (χ2v) is 18.3. The molecule has 1 aliphatic carbocycles. The Labute approximate surface area is 365 Å². The topological polar surface area (TPSA) is 16.3 Å². The number of hydrogen-bond donors (Lipinski definition) is 0. The van der Waals surface area contributed by atoms with E-state index >= 15 is 0 Å². The van der Waals surface area contributed by atoms with Crippen molar-refractivity contribution < 1.29 is 0 Å². The molecule has 0 saturated carbocycles. The second-order valence-electron chi connectivity index (χ2n) is 18.3. The fourth-order valence-electron chi connectivity index (χ4n) is 12.5. The van der Waals surface area contributed by atoms with Gasteiger partial charge in [0.15, 0.2) is 0 Å². The van der Waals surface area contributed by atoms with Crippen LogP contribution >= 0.6 is 0 Å². The summed E-state index contributed by atoms with van der Waals surface area (Å²) in [6.07, 6.45) is 5.60. The molecule has 0 spiro atoms. The highest BCUT2D eigenvalue weighted by molar-refractivity contribution is 7.03.